The first kappa shape index (κ1) is 9.02. The number of aryl methyl sites for hydroxylation is 1. The molecule has 2 N–H and O–H groups in total. The number of rotatable bonds is 2. The Morgan fingerprint density at radius 1 is 1.27 bits per heavy atom. The van der Waals surface area contributed by atoms with Crippen molar-refractivity contribution >= 4 is 11.3 Å². The van der Waals surface area contributed by atoms with Crippen LogP contribution in [0, 0.1) is 5.92 Å². The lowest BCUT2D eigenvalue weighted by Crippen LogP contribution is -1.99. The van der Waals surface area contributed by atoms with Gasteiger partial charge in [0.15, 0.2) is 0 Å². The van der Waals surface area contributed by atoms with Crippen molar-refractivity contribution in [1.82, 2.24) is 0 Å². The van der Waals surface area contributed by atoms with Gasteiger partial charge >= 0.3 is 0 Å². The second-order valence-electron chi connectivity index (χ2n) is 4.82. The van der Waals surface area contributed by atoms with E-state index >= 15 is 0 Å². The van der Waals surface area contributed by atoms with E-state index in [9.17, 15) is 0 Å². The predicted molar refractivity (Wildman–Crippen MR) is 64.6 cm³/mol. The molecule has 0 spiro atoms. The highest BCUT2D eigenvalue weighted by atomic mass is 14.6. The van der Waals surface area contributed by atoms with Gasteiger partial charge in [0, 0.05) is 11.3 Å². The fourth-order valence-electron chi connectivity index (χ4n) is 2.63. The predicted octanol–water partition coefficient (Wildman–Crippen LogP) is 3.18. The normalized spacial score (nSPS) is 18.9. The highest BCUT2D eigenvalue weighted by Crippen LogP contribution is 2.44. The molecule has 0 aromatic heterocycles. The summed E-state index contributed by atoms with van der Waals surface area (Å²) in [6.45, 7) is 4.19. The van der Waals surface area contributed by atoms with Gasteiger partial charge in [0.2, 0.25) is 0 Å². The van der Waals surface area contributed by atoms with Gasteiger partial charge in [-0.1, -0.05) is 18.7 Å². The summed E-state index contributed by atoms with van der Waals surface area (Å²) in [5.74, 6) is 0.715. The molecule has 2 aliphatic rings. The summed E-state index contributed by atoms with van der Waals surface area (Å²) in [5, 5.41) is 0. The molecule has 0 saturated heterocycles. The number of nitrogen functional groups attached to an aromatic ring is 1. The smallest absolute Gasteiger partial charge is 0.0425 e. The van der Waals surface area contributed by atoms with Gasteiger partial charge in [0.05, 0.1) is 0 Å². The molecule has 1 fully saturated rings. The molecule has 1 aromatic carbocycles. The van der Waals surface area contributed by atoms with E-state index in [1.807, 2.05) is 0 Å². The molecule has 0 unspecified atom stereocenters. The van der Waals surface area contributed by atoms with Crippen LogP contribution in [0.3, 0.4) is 0 Å². The molecule has 0 heterocycles. The van der Waals surface area contributed by atoms with Crippen LogP contribution in [-0.4, -0.2) is 0 Å². The number of hydrogen-bond donors (Lipinski definition) is 1. The zero-order valence-corrected chi connectivity index (χ0v) is 9.05. The van der Waals surface area contributed by atoms with Crippen molar-refractivity contribution in [2.45, 2.75) is 32.1 Å². The summed E-state index contributed by atoms with van der Waals surface area (Å²) >= 11 is 0. The average Bonchev–Trinajstić information content (AvgIpc) is 2.97. The van der Waals surface area contributed by atoms with Crippen LogP contribution in [0.2, 0.25) is 0 Å². The lowest BCUT2D eigenvalue weighted by Gasteiger charge is -2.12. The first-order valence-electron chi connectivity index (χ1n) is 5.87. The van der Waals surface area contributed by atoms with Gasteiger partial charge in [-0.2, -0.15) is 0 Å². The second-order valence-corrected chi connectivity index (χ2v) is 4.82. The molecule has 0 bridgehead atoms. The van der Waals surface area contributed by atoms with Gasteiger partial charge in [0.1, 0.15) is 0 Å². The van der Waals surface area contributed by atoms with Gasteiger partial charge in [0.25, 0.3) is 0 Å². The SMILES string of the molecule is C=C(c1ccc2c(c1N)CCC2)C1CC1. The molecule has 3 rings (SSSR count). The summed E-state index contributed by atoms with van der Waals surface area (Å²) in [6.07, 6.45) is 6.23. The fourth-order valence-corrected chi connectivity index (χ4v) is 2.63. The van der Waals surface area contributed by atoms with Gasteiger partial charge < -0.3 is 5.73 Å². The van der Waals surface area contributed by atoms with E-state index < -0.39 is 0 Å². The Balaban J connectivity index is 2.05. The summed E-state index contributed by atoms with van der Waals surface area (Å²) in [4.78, 5) is 0. The lowest BCUT2D eigenvalue weighted by molar-refractivity contribution is 0.912. The van der Waals surface area contributed by atoms with E-state index in [1.54, 1.807) is 0 Å². The number of allylic oxidation sites excluding steroid dienone is 1. The first-order chi connectivity index (χ1) is 7.27. The van der Waals surface area contributed by atoms with Crippen LogP contribution in [0.1, 0.15) is 36.0 Å². The maximum absolute atomic E-state index is 6.24. The fraction of sp³-hybridized carbons (Fsp3) is 0.429. The Hall–Kier alpha value is -1.24. The average molecular weight is 199 g/mol. The zero-order valence-electron chi connectivity index (χ0n) is 9.05. The quantitative estimate of drug-likeness (QED) is 0.727. The van der Waals surface area contributed by atoms with Crippen LogP contribution < -0.4 is 5.73 Å². The van der Waals surface area contributed by atoms with Crippen molar-refractivity contribution in [3.63, 3.8) is 0 Å². The second kappa shape index (κ2) is 3.13. The van der Waals surface area contributed by atoms with E-state index in [2.05, 4.69) is 18.7 Å². The summed E-state index contributed by atoms with van der Waals surface area (Å²) < 4.78 is 0. The molecular weight excluding hydrogens is 182 g/mol. The molecule has 1 aromatic rings. The number of hydrogen-bond acceptors (Lipinski definition) is 1. The van der Waals surface area contributed by atoms with Crippen LogP contribution in [0.15, 0.2) is 18.7 Å². The maximum Gasteiger partial charge on any atom is 0.0425 e. The van der Waals surface area contributed by atoms with Crippen LogP contribution in [0.4, 0.5) is 5.69 Å². The van der Waals surface area contributed by atoms with Crippen LogP contribution in [0.5, 0.6) is 0 Å². The number of nitrogens with two attached hydrogens (primary N) is 1. The third-order valence-electron chi connectivity index (χ3n) is 3.74. The van der Waals surface area contributed by atoms with Gasteiger partial charge in [-0.15, -0.1) is 0 Å². The van der Waals surface area contributed by atoms with Gasteiger partial charge in [-0.3, -0.25) is 0 Å². The third-order valence-corrected chi connectivity index (χ3v) is 3.74. The van der Waals surface area contributed by atoms with E-state index in [0.717, 1.165) is 12.1 Å². The molecule has 0 atom stereocenters. The molecule has 1 saturated carbocycles. The number of fused-ring (bicyclic) bond motifs is 1. The molecule has 1 heteroatoms. The molecule has 2 aliphatic carbocycles. The van der Waals surface area contributed by atoms with Crippen molar-refractivity contribution in [3.8, 4) is 0 Å². The molecule has 78 valence electrons. The molecule has 15 heavy (non-hydrogen) atoms. The van der Waals surface area contributed by atoms with Crippen molar-refractivity contribution in [3.05, 3.63) is 35.4 Å². The molecular formula is C14H17N. The van der Waals surface area contributed by atoms with E-state index in [0.29, 0.717) is 5.92 Å². The minimum atomic E-state index is 0.715. The minimum absolute atomic E-state index is 0.715. The first-order valence-corrected chi connectivity index (χ1v) is 5.87. The lowest BCUT2D eigenvalue weighted by atomic mass is 9.96. The van der Waals surface area contributed by atoms with Crippen LogP contribution >= 0.6 is 0 Å². The van der Waals surface area contributed by atoms with Crippen LogP contribution in [0.25, 0.3) is 5.57 Å². The highest BCUT2D eigenvalue weighted by Gasteiger charge is 2.27. The van der Waals surface area contributed by atoms with Gasteiger partial charge in [-0.05, 0) is 54.7 Å². The van der Waals surface area contributed by atoms with Gasteiger partial charge in [-0.25, -0.2) is 0 Å². The topological polar surface area (TPSA) is 26.0 Å². The van der Waals surface area contributed by atoms with Crippen molar-refractivity contribution in [2.24, 2.45) is 5.92 Å². The summed E-state index contributed by atoms with van der Waals surface area (Å²) in [7, 11) is 0. The summed E-state index contributed by atoms with van der Waals surface area (Å²) in [5.41, 5.74) is 12.6. The van der Waals surface area contributed by atoms with Crippen molar-refractivity contribution in [1.29, 1.82) is 0 Å². The Kier molecular flexibility index (Phi) is 1.88. The summed E-state index contributed by atoms with van der Waals surface area (Å²) in [6, 6.07) is 4.43. The van der Waals surface area contributed by atoms with Crippen LogP contribution in [-0.2, 0) is 12.8 Å². The number of anilines is 1. The third kappa shape index (κ3) is 1.38. The molecule has 0 radical (unpaired) electrons. The minimum Gasteiger partial charge on any atom is -0.398 e. The maximum atomic E-state index is 6.24. The Morgan fingerprint density at radius 3 is 2.80 bits per heavy atom. The molecule has 1 nitrogen and oxygen atoms in total. The highest BCUT2D eigenvalue weighted by molar-refractivity contribution is 5.79. The van der Waals surface area contributed by atoms with Crippen molar-refractivity contribution < 1.29 is 0 Å². The Labute approximate surface area is 91.0 Å². The Bertz CT molecular complexity index is 427. The standard InChI is InChI=1S/C14H17N/c1-9(10-5-6-10)12-8-7-11-3-2-4-13(11)14(12)15/h7-8,10H,1-6,15H2. The van der Waals surface area contributed by atoms with E-state index in [-0.39, 0.29) is 0 Å². The monoisotopic (exact) mass is 199 g/mol. The van der Waals surface area contributed by atoms with E-state index in [1.165, 1.54) is 47.9 Å². The van der Waals surface area contributed by atoms with Crippen molar-refractivity contribution in [2.75, 3.05) is 5.73 Å². The van der Waals surface area contributed by atoms with E-state index in [4.69, 9.17) is 5.73 Å². The molecule has 0 amide bonds. The molecule has 0 aliphatic heterocycles. The largest absolute Gasteiger partial charge is 0.398 e. The Morgan fingerprint density at radius 2 is 2.07 bits per heavy atom. The number of benzene rings is 1. The zero-order chi connectivity index (χ0) is 10.4.